The van der Waals surface area contributed by atoms with Gasteiger partial charge in [-0.15, -0.1) is 0 Å². The van der Waals surface area contributed by atoms with Crippen molar-refractivity contribution in [2.24, 2.45) is 5.41 Å². The number of hydrogen-bond acceptors (Lipinski definition) is 1. The molecule has 0 heterocycles. The molecule has 17 heavy (non-hydrogen) atoms. The van der Waals surface area contributed by atoms with Gasteiger partial charge in [-0.05, 0) is 24.5 Å². The highest BCUT2D eigenvalue weighted by molar-refractivity contribution is 5.49. The predicted molar refractivity (Wildman–Crippen MR) is 75.7 cm³/mol. The molecule has 0 spiro atoms. The Bertz CT molecular complexity index is 361. The Hall–Kier alpha value is -1.00. The van der Waals surface area contributed by atoms with Gasteiger partial charge in [0.1, 0.15) is 0 Å². The monoisotopic (exact) mass is 234 g/mol. The van der Waals surface area contributed by atoms with Gasteiger partial charge in [0.15, 0.2) is 0 Å². The van der Waals surface area contributed by atoms with E-state index in [4.69, 9.17) is 0 Å². The highest BCUT2D eigenvalue weighted by Gasteiger charge is 2.34. The van der Waals surface area contributed by atoms with E-state index >= 15 is 0 Å². The van der Waals surface area contributed by atoms with E-state index in [1.165, 1.54) is 0 Å². The minimum Gasteiger partial charge on any atom is -0.388 e. The Balaban J connectivity index is 0.00000121. The number of allylic oxidation sites excluding steroid dienone is 1. The van der Waals surface area contributed by atoms with E-state index in [-0.39, 0.29) is 5.41 Å². The van der Waals surface area contributed by atoms with Crippen LogP contribution in [0.1, 0.15) is 54.4 Å². The maximum atomic E-state index is 9.85. The summed E-state index contributed by atoms with van der Waals surface area (Å²) in [6, 6.07) is 0. The zero-order valence-electron chi connectivity index (χ0n) is 12.1. The molecule has 1 aliphatic carbocycles. The Kier molecular flexibility index (Phi) is 6.27. The first-order valence-corrected chi connectivity index (χ1v) is 6.47. The Morgan fingerprint density at radius 3 is 2.41 bits per heavy atom. The van der Waals surface area contributed by atoms with E-state index in [0.29, 0.717) is 0 Å². The van der Waals surface area contributed by atoms with Crippen LogP contribution in [0.5, 0.6) is 0 Å². The third-order valence-corrected chi connectivity index (χ3v) is 3.03. The van der Waals surface area contributed by atoms with E-state index in [2.05, 4.69) is 32.3 Å². The highest BCUT2D eigenvalue weighted by Crippen LogP contribution is 2.41. The first-order chi connectivity index (χ1) is 7.90. The average molecular weight is 234 g/mol. The number of aliphatic hydroxyl groups is 1. The molecule has 1 unspecified atom stereocenters. The molecule has 0 bridgehead atoms. The molecule has 0 amide bonds. The summed E-state index contributed by atoms with van der Waals surface area (Å²) in [6.45, 7) is 16.2. The fourth-order valence-electron chi connectivity index (χ4n) is 2.07. The van der Waals surface area contributed by atoms with Gasteiger partial charge >= 0.3 is 0 Å². The number of aliphatic hydroxyl groups excluding tert-OH is 1. The van der Waals surface area contributed by atoms with Crippen molar-refractivity contribution >= 4 is 0 Å². The van der Waals surface area contributed by atoms with Crippen molar-refractivity contribution < 1.29 is 5.11 Å². The van der Waals surface area contributed by atoms with Crippen LogP contribution < -0.4 is 0 Å². The lowest BCUT2D eigenvalue weighted by Crippen LogP contribution is -2.30. The van der Waals surface area contributed by atoms with Crippen LogP contribution in [-0.4, -0.2) is 11.2 Å². The summed E-state index contributed by atoms with van der Waals surface area (Å²) in [5, 5.41) is 9.85. The zero-order chi connectivity index (χ0) is 13.6. The molecule has 1 atom stereocenters. The summed E-state index contributed by atoms with van der Waals surface area (Å²) in [4.78, 5) is 0. The minimum atomic E-state index is -0.410. The molecule has 1 nitrogen and oxygen atoms in total. The summed E-state index contributed by atoms with van der Waals surface area (Å²) in [6.07, 6.45) is 1.17. The van der Waals surface area contributed by atoms with Crippen molar-refractivity contribution in [1.29, 1.82) is 0 Å². The van der Waals surface area contributed by atoms with Gasteiger partial charge in [-0.25, -0.2) is 0 Å². The molecule has 1 heteroatoms. The van der Waals surface area contributed by atoms with Gasteiger partial charge in [0.05, 0.1) is 6.10 Å². The fourth-order valence-corrected chi connectivity index (χ4v) is 2.07. The van der Waals surface area contributed by atoms with Gasteiger partial charge in [-0.3, -0.25) is 0 Å². The second kappa shape index (κ2) is 6.67. The third-order valence-electron chi connectivity index (χ3n) is 3.03. The molecule has 0 saturated heterocycles. The molecule has 0 aliphatic heterocycles. The summed E-state index contributed by atoms with van der Waals surface area (Å²) in [7, 11) is 0. The second-order valence-corrected chi connectivity index (χ2v) is 4.78. The third kappa shape index (κ3) is 3.75. The molecule has 0 saturated carbocycles. The molecule has 0 radical (unpaired) electrons. The van der Waals surface area contributed by atoms with Crippen LogP contribution in [0.15, 0.2) is 23.3 Å². The number of rotatable bonds is 0. The van der Waals surface area contributed by atoms with Gasteiger partial charge in [0.2, 0.25) is 0 Å². The van der Waals surface area contributed by atoms with Crippen molar-refractivity contribution in [2.75, 3.05) is 0 Å². The van der Waals surface area contributed by atoms with Gasteiger partial charge < -0.3 is 5.11 Å². The molecular formula is C16H26O. The summed E-state index contributed by atoms with van der Waals surface area (Å²) in [5.41, 5.74) is 3.00. The summed E-state index contributed by atoms with van der Waals surface area (Å²) in [5.74, 6) is 6.33. The van der Waals surface area contributed by atoms with Crippen LogP contribution in [0.2, 0.25) is 0 Å². The Morgan fingerprint density at radius 2 is 1.94 bits per heavy atom. The maximum absolute atomic E-state index is 9.85. The van der Waals surface area contributed by atoms with E-state index in [1.807, 2.05) is 27.7 Å². The van der Waals surface area contributed by atoms with Crippen LogP contribution in [0, 0.1) is 17.3 Å². The van der Waals surface area contributed by atoms with Crippen molar-refractivity contribution in [3.63, 3.8) is 0 Å². The van der Waals surface area contributed by atoms with Gasteiger partial charge in [-0.1, -0.05) is 53.0 Å². The molecule has 0 aromatic rings. The molecule has 96 valence electrons. The summed E-state index contributed by atoms with van der Waals surface area (Å²) >= 11 is 0. The molecular weight excluding hydrogens is 208 g/mol. The van der Waals surface area contributed by atoms with Crippen molar-refractivity contribution in [2.45, 2.75) is 60.5 Å². The van der Waals surface area contributed by atoms with Gasteiger partial charge in [0.25, 0.3) is 0 Å². The van der Waals surface area contributed by atoms with Crippen LogP contribution >= 0.6 is 0 Å². The summed E-state index contributed by atoms with van der Waals surface area (Å²) < 4.78 is 0. The lowest BCUT2D eigenvalue weighted by molar-refractivity contribution is 0.153. The van der Waals surface area contributed by atoms with E-state index in [9.17, 15) is 5.11 Å². The van der Waals surface area contributed by atoms with Crippen molar-refractivity contribution in [3.05, 3.63) is 23.3 Å². The molecule has 1 rings (SSSR count). The quantitative estimate of drug-likeness (QED) is 0.626. The largest absolute Gasteiger partial charge is 0.388 e. The zero-order valence-corrected chi connectivity index (χ0v) is 12.1. The standard InChI is InChI=1S/C14H20O.C2H6/c1-6-7-8-12-10(2)11(3)13(15)9-14(12,4)5;1-2/h13,15H,3,6,9H2,1-2,4-5H3;1-2H3. The molecule has 0 aromatic carbocycles. The topological polar surface area (TPSA) is 20.2 Å². The highest BCUT2D eigenvalue weighted by atomic mass is 16.3. The lowest BCUT2D eigenvalue weighted by Gasteiger charge is -2.35. The van der Waals surface area contributed by atoms with Crippen LogP contribution in [0.4, 0.5) is 0 Å². The smallest absolute Gasteiger partial charge is 0.0795 e. The minimum absolute atomic E-state index is 0.0349. The lowest BCUT2D eigenvalue weighted by atomic mass is 9.70. The van der Waals surface area contributed by atoms with Gasteiger partial charge in [0, 0.05) is 17.4 Å². The molecule has 1 N–H and O–H groups in total. The molecule has 0 aromatic heterocycles. The predicted octanol–water partition coefficient (Wildman–Crippen LogP) is 4.09. The average Bonchev–Trinajstić information content (AvgIpc) is 2.28. The van der Waals surface area contributed by atoms with Gasteiger partial charge in [-0.2, -0.15) is 0 Å². The molecule has 0 fully saturated rings. The second-order valence-electron chi connectivity index (χ2n) is 4.78. The maximum Gasteiger partial charge on any atom is 0.0795 e. The SMILES string of the molecule is C=C1C(C)=C(C#CCC)C(C)(C)CC1O.CC. The normalized spacial score (nSPS) is 22.3. The van der Waals surface area contributed by atoms with Crippen molar-refractivity contribution in [3.8, 4) is 11.8 Å². The van der Waals surface area contributed by atoms with Crippen LogP contribution in [-0.2, 0) is 0 Å². The van der Waals surface area contributed by atoms with E-state index in [0.717, 1.165) is 29.6 Å². The fraction of sp³-hybridized carbons (Fsp3) is 0.625. The van der Waals surface area contributed by atoms with Crippen LogP contribution in [0.3, 0.4) is 0 Å². The first-order valence-electron chi connectivity index (χ1n) is 6.47. The van der Waals surface area contributed by atoms with Crippen LogP contribution in [0.25, 0.3) is 0 Å². The van der Waals surface area contributed by atoms with Crippen molar-refractivity contribution in [1.82, 2.24) is 0 Å². The Morgan fingerprint density at radius 1 is 1.41 bits per heavy atom. The van der Waals surface area contributed by atoms with E-state index < -0.39 is 6.10 Å². The molecule has 1 aliphatic rings. The first kappa shape index (κ1) is 16.0. The number of hydrogen-bond donors (Lipinski definition) is 1. The Labute approximate surface area is 107 Å². The van der Waals surface area contributed by atoms with E-state index in [1.54, 1.807) is 0 Å².